The monoisotopic (exact) mass is 404 g/mol. The first kappa shape index (κ1) is 20.5. The quantitative estimate of drug-likeness (QED) is 0.784. The fourth-order valence-corrected chi connectivity index (χ4v) is 4.76. The van der Waals surface area contributed by atoms with E-state index in [0.29, 0.717) is 37.5 Å². The van der Waals surface area contributed by atoms with Crippen LogP contribution in [0, 0.1) is 5.82 Å². The molecule has 7 heteroatoms. The Morgan fingerprint density at radius 3 is 2.18 bits per heavy atom. The highest BCUT2D eigenvalue weighted by Crippen LogP contribution is 2.20. The van der Waals surface area contributed by atoms with Gasteiger partial charge in [-0.1, -0.05) is 26.0 Å². The van der Waals surface area contributed by atoms with Gasteiger partial charge in [0.1, 0.15) is 5.82 Å². The molecule has 2 aromatic carbocycles. The van der Waals surface area contributed by atoms with E-state index in [0.717, 1.165) is 12.1 Å². The van der Waals surface area contributed by atoms with E-state index >= 15 is 0 Å². The fraction of sp³-hybridized carbons (Fsp3) is 0.381. The van der Waals surface area contributed by atoms with Gasteiger partial charge >= 0.3 is 0 Å². The number of hydrogen-bond acceptors (Lipinski definition) is 3. The summed E-state index contributed by atoms with van der Waals surface area (Å²) in [6.45, 7) is 5.57. The number of nitrogens with zero attached hydrogens (tertiary/aromatic N) is 2. The molecule has 0 saturated carbocycles. The lowest BCUT2D eigenvalue weighted by atomic mass is 10.0. The predicted octanol–water partition coefficient (Wildman–Crippen LogP) is 3.49. The average molecular weight is 405 g/mol. The Balaban J connectivity index is 1.70. The molecule has 0 radical (unpaired) electrons. The first-order valence-electron chi connectivity index (χ1n) is 9.44. The zero-order valence-electron chi connectivity index (χ0n) is 16.1. The van der Waals surface area contributed by atoms with Gasteiger partial charge in [0.15, 0.2) is 0 Å². The summed E-state index contributed by atoms with van der Waals surface area (Å²) in [7, 11) is -3.70. The lowest BCUT2D eigenvalue weighted by Crippen LogP contribution is -2.37. The number of halogens is 1. The van der Waals surface area contributed by atoms with Crippen molar-refractivity contribution in [1.29, 1.82) is 0 Å². The van der Waals surface area contributed by atoms with Crippen LogP contribution >= 0.6 is 0 Å². The highest BCUT2D eigenvalue weighted by atomic mass is 32.2. The largest absolute Gasteiger partial charge is 0.337 e. The van der Waals surface area contributed by atoms with Crippen molar-refractivity contribution in [2.45, 2.75) is 31.1 Å². The molecule has 150 valence electrons. The lowest BCUT2D eigenvalue weighted by molar-refractivity contribution is 0.0764. The van der Waals surface area contributed by atoms with Crippen LogP contribution in [0.15, 0.2) is 53.4 Å². The van der Waals surface area contributed by atoms with Gasteiger partial charge in [0.05, 0.1) is 4.90 Å². The molecule has 1 fully saturated rings. The summed E-state index contributed by atoms with van der Waals surface area (Å²) in [5.41, 5.74) is 1.78. The van der Waals surface area contributed by atoms with E-state index in [9.17, 15) is 17.6 Å². The van der Waals surface area contributed by atoms with E-state index in [-0.39, 0.29) is 17.3 Å². The van der Waals surface area contributed by atoms with E-state index in [2.05, 4.69) is 13.8 Å². The standard InChI is InChI=1S/C21H25FN2O3S/c1-16(2)17-4-6-18(7-5-17)21(25)23-12-3-13-24(15-14-23)28(26,27)20-10-8-19(22)9-11-20/h4-11,16H,3,12-15H2,1-2H3. The molecule has 0 atom stereocenters. The third-order valence-electron chi connectivity index (χ3n) is 5.02. The van der Waals surface area contributed by atoms with Crippen LogP contribution in [-0.2, 0) is 10.0 Å². The van der Waals surface area contributed by atoms with Gasteiger partial charge in [0.2, 0.25) is 10.0 Å². The minimum Gasteiger partial charge on any atom is -0.337 e. The number of amides is 1. The molecule has 1 amide bonds. The van der Waals surface area contributed by atoms with Crippen LogP contribution in [0.2, 0.25) is 0 Å². The van der Waals surface area contributed by atoms with Gasteiger partial charge in [-0.3, -0.25) is 4.79 Å². The van der Waals surface area contributed by atoms with Crippen LogP contribution < -0.4 is 0 Å². The van der Waals surface area contributed by atoms with Crippen molar-refractivity contribution in [3.05, 3.63) is 65.5 Å². The number of carbonyl (C=O) groups excluding carboxylic acids is 1. The van der Waals surface area contributed by atoms with Crippen LogP contribution in [0.4, 0.5) is 4.39 Å². The molecule has 5 nitrogen and oxygen atoms in total. The summed E-state index contributed by atoms with van der Waals surface area (Å²) in [4.78, 5) is 14.6. The zero-order valence-corrected chi connectivity index (χ0v) is 17.0. The van der Waals surface area contributed by atoms with Gasteiger partial charge in [0, 0.05) is 31.7 Å². The highest BCUT2D eigenvalue weighted by Gasteiger charge is 2.28. The zero-order chi connectivity index (χ0) is 20.3. The maximum Gasteiger partial charge on any atom is 0.253 e. The summed E-state index contributed by atoms with van der Waals surface area (Å²) < 4.78 is 40.1. The fourth-order valence-electron chi connectivity index (χ4n) is 3.29. The number of carbonyl (C=O) groups is 1. The number of hydrogen-bond donors (Lipinski definition) is 0. The minimum atomic E-state index is -3.70. The van der Waals surface area contributed by atoms with Crippen molar-refractivity contribution >= 4 is 15.9 Å². The number of benzene rings is 2. The van der Waals surface area contributed by atoms with Crippen molar-refractivity contribution in [2.75, 3.05) is 26.2 Å². The molecule has 0 aliphatic carbocycles. The molecule has 0 spiro atoms. The van der Waals surface area contributed by atoms with Crippen molar-refractivity contribution in [2.24, 2.45) is 0 Å². The molecule has 1 aliphatic heterocycles. The molecule has 0 N–H and O–H groups in total. The number of rotatable bonds is 4. The van der Waals surface area contributed by atoms with Crippen molar-refractivity contribution < 1.29 is 17.6 Å². The molecule has 1 aliphatic rings. The topological polar surface area (TPSA) is 57.7 Å². The summed E-state index contributed by atoms with van der Waals surface area (Å²) >= 11 is 0. The molecule has 1 heterocycles. The van der Waals surface area contributed by atoms with Crippen LogP contribution in [-0.4, -0.2) is 49.7 Å². The molecule has 3 rings (SSSR count). The minimum absolute atomic E-state index is 0.0675. The van der Waals surface area contributed by atoms with Crippen molar-refractivity contribution in [3.8, 4) is 0 Å². The Morgan fingerprint density at radius 2 is 1.57 bits per heavy atom. The second-order valence-corrected chi connectivity index (χ2v) is 9.22. The summed E-state index contributed by atoms with van der Waals surface area (Å²) in [5, 5.41) is 0. The number of sulfonamides is 1. The van der Waals surface area contributed by atoms with Crippen molar-refractivity contribution in [1.82, 2.24) is 9.21 Å². The summed E-state index contributed by atoms with van der Waals surface area (Å²) in [5.74, 6) is -0.168. The summed E-state index contributed by atoms with van der Waals surface area (Å²) in [6, 6.07) is 12.4. The molecular weight excluding hydrogens is 379 g/mol. The predicted molar refractivity (Wildman–Crippen MR) is 106 cm³/mol. The Labute approximate surface area is 165 Å². The Hall–Kier alpha value is -2.25. The smallest absolute Gasteiger partial charge is 0.253 e. The lowest BCUT2D eigenvalue weighted by Gasteiger charge is -2.22. The first-order chi connectivity index (χ1) is 13.3. The maximum absolute atomic E-state index is 13.1. The SMILES string of the molecule is CC(C)c1ccc(C(=O)N2CCCN(S(=O)(=O)c3ccc(F)cc3)CC2)cc1. The van der Waals surface area contributed by atoms with Crippen LogP contribution in [0.3, 0.4) is 0 Å². The van der Waals surface area contributed by atoms with Gasteiger partial charge in [-0.15, -0.1) is 0 Å². The average Bonchev–Trinajstić information content (AvgIpc) is 2.94. The van der Waals surface area contributed by atoms with E-state index in [1.807, 2.05) is 24.3 Å². The van der Waals surface area contributed by atoms with Crippen LogP contribution in [0.5, 0.6) is 0 Å². The molecule has 0 bridgehead atoms. The van der Waals surface area contributed by atoms with Crippen molar-refractivity contribution in [3.63, 3.8) is 0 Å². The second kappa shape index (κ2) is 8.41. The third-order valence-corrected chi connectivity index (χ3v) is 6.93. The molecule has 2 aromatic rings. The van der Waals surface area contributed by atoms with E-state index in [1.165, 1.54) is 22.0 Å². The highest BCUT2D eigenvalue weighted by molar-refractivity contribution is 7.89. The summed E-state index contributed by atoms with van der Waals surface area (Å²) in [6.07, 6.45) is 0.552. The van der Waals surface area contributed by atoms with Gasteiger partial charge in [-0.2, -0.15) is 4.31 Å². The van der Waals surface area contributed by atoms with Gasteiger partial charge in [0.25, 0.3) is 5.91 Å². The first-order valence-corrected chi connectivity index (χ1v) is 10.9. The Bertz CT molecular complexity index is 925. The van der Waals surface area contributed by atoms with E-state index in [1.54, 1.807) is 4.90 Å². The molecule has 1 saturated heterocycles. The second-order valence-electron chi connectivity index (χ2n) is 7.28. The van der Waals surface area contributed by atoms with Crippen LogP contribution in [0.1, 0.15) is 42.1 Å². The Kier molecular flexibility index (Phi) is 6.15. The van der Waals surface area contributed by atoms with Gasteiger partial charge in [-0.05, 0) is 54.3 Å². The van der Waals surface area contributed by atoms with E-state index < -0.39 is 15.8 Å². The van der Waals surface area contributed by atoms with E-state index in [4.69, 9.17) is 0 Å². The molecule has 0 aromatic heterocycles. The van der Waals surface area contributed by atoms with Gasteiger partial charge in [-0.25, -0.2) is 12.8 Å². The maximum atomic E-state index is 13.1. The van der Waals surface area contributed by atoms with Gasteiger partial charge < -0.3 is 4.90 Å². The van der Waals surface area contributed by atoms with Crippen LogP contribution in [0.25, 0.3) is 0 Å². The normalized spacial score (nSPS) is 16.2. The Morgan fingerprint density at radius 1 is 0.929 bits per heavy atom. The molecular formula is C21H25FN2O3S. The molecule has 0 unspecified atom stereocenters. The third kappa shape index (κ3) is 4.42. The molecule has 28 heavy (non-hydrogen) atoms.